The molecule has 7 heteroatoms. The topological polar surface area (TPSA) is 80.1 Å². The number of oxime groups is 1. The molecule has 0 aliphatic carbocycles. The number of benzene rings is 3. The standard InChI is InChI=1S/C22H21N3O3S/c1-17-13-15-20(16-14-17)29(26,27)25-23-21(18-9-5-3-6-10-18)22(24-28-2)19-11-7-4-8-12-19/h3-16,25H,1-2H3/b23-21+,24-22-. The molecule has 0 heterocycles. The van der Waals surface area contributed by atoms with Crippen LogP contribution in [-0.4, -0.2) is 27.0 Å². The molecule has 29 heavy (non-hydrogen) atoms. The van der Waals surface area contributed by atoms with Gasteiger partial charge >= 0.3 is 0 Å². The maximum atomic E-state index is 12.7. The lowest BCUT2D eigenvalue weighted by Crippen LogP contribution is -2.25. The summed E-state index contributed by atoms with van der Waals surface area (Å²) in [6.45, 7) is 1.89. The Kier molecular flexibility index (Phi) is 6.41. The van der Waals surface area contributed by atoms with E-state index in [0.717, 1.165) is 11.1 Å². The van der Waals surface area contributed by atoms with Crippen LogP contribution in [0.1, 0.15) is 16.7 Å². The van der Waals surface area contributed by atoms with Crippen molar-refractivity contribution >= 4 is 21.4 Å². The number of hydrogen-bond donors (Lipinski definition) is 1. The largest absolute Gasteiger partial charge is 0.399 e. The third-order valence-corrected chi connectivity index (χ3v) is 5.33. The third kappa shape index (κ3) is 5.08. The zero-order valence-corrected chi connectivity index (χ0v) is 16.9. The first-order chi connectivity index (χ1) is 14.0. The smallest absolute Gasteiger partial charge is 0.276 e. The van der Waals surface area contributed by atoms with Crippen molar-refractivity contribution in [1.82, 2.24) is 4.83 Å². The molecule has 0 amide bonds. The van der Waals surface area contributed by atoms with Crippen molar-refractivity contribution in [2.75, 3.05) is 7.11 Å². The fraction of sp³-hybridized carbons (Fsp3) is 0.0909. The first-order valence-electron chi connectivity index (χ1n) is 8.90. The normalized spacial score (nSPS) is 12.5. The fourth-order valence-electron chi connectivity index (χ4n) is 2.65. The van der Waals surface area contributed by atoms with Gasteiger partial charge in [0.2, 0.25) is 0 Å². The van der Waals surface area contributed by atoms with Gasteiger partial charge in [-0.05, 0) is 19.1 Å². The van der Waals surface area contributed by atoms with E-state index < -0.39 is 10.0 Å². The Balaban J connectivity index is 2.06. The Morgan fingerprint density at radius 3 is 1.83 bits per heavy atom. The summed E-state index contributed by atoms with van der Waals surface area (Å²) < 4.78 is 25.4. The van der Waals surface area contributed by atoms with Crippen LogP contribution < -0.4 is 4.83 Å². The first kappa shape index (κ1) is 20.3. The van der Waals surface area contributed by atoms with Crippen LogP contribution in [-0.2, 0) is 14.9 Å². The lowest BCUT2D eigenvalue weighted by atomic mass is 10.00. The molecule has 1 N–H and O–H groups in total. The maximum absolute atomic E-state index is 12.7. The molecule has 0 bridgehead atoms. The van der Waals surface area contributed by atoms with E-state index in [-0.39, 0.29) is 4.90 Å². The van der Waals surface area contributed by atoms with Crippen molar-refractivity contribution in [2.45, 2.75) is 11.8 Å². The van der Waals surface area contributed by atoms with Gasteiger partial charge in [0.05, 0.1) is 4.90 Å². The summed E-state index contributed by atoms with van der Waals surface area (Å²) in [5, 5.41) is 8.33. The summed E-state index contributed by atoms with van der Waals surface area (Å²) in [5.74, 6) is 0. The number of hydrazone groups is 1. The van der Waals surface area contributed by atoms with Gasteiger partial charge in [-0.2, -0.15) is 18.4 Å². The van der Waals surface area contributed by atoms with E-state index in [1.807, 2.05) is 67.6 Å². The molecule has 0 aliphatic rings. The van der Waals surface area contributed by atoms with Gasteiger partial charge in [0.1, 0.15) is 18.5 Å². The van der Waals surface area contributed by atoms with Crippen LogP contribution in [0.4, 0.5) is 0 Å². The van der Waals surface area contributed by atoms with Gasteiger partial charge in [0.25, 0.3) is 10.0 Å². The van der Waals surface area contributed by atoms with Gasteiger partial charge in [-0.1, -0.05) is 83.5 Å². The van der Waals surface area contributed by atoms with Gasteiger partial charge in [0, 0.05) is 11.1 Å². The van der Waals surface area contributed by atoms with Crippen LogP contribution >= 0.6 is 0 Å². The predicted molar refractivity (Wildman–Crippen MR) is 114 cm³/mol. The average molecular weight is 407 g/mol. The lowest BCUT2D eigenvalue weighted by Gasteiger charge is -2.11. The number of hydrogen-bond acceptors (Lipinski definition) is 5. The van der Waals surface area contributed by atoms with Gasteiger partial charge in [-0.25, -0.2) is 0 Å². The van der Waals surface area contributed by atoms with E-state index in [0.29, 0.717) is 17.0 Å². The number of nitrogens with one attached hydrogen (secondary N) is 1. The van der Waals surface area contributed by atoms with Crippen LogP contribution in [0, 0.1) is 6.92 Å². The Labute approximate surface area is 170 Å². The monoisotopic (exact) mass is 407 g/mol. The van der Waals surface area contributed by atoms with Crippen LogP contribution in [0.3, 0.4) is 0 Å². The maximum Gasteiger partial charge on any atom is 0.276 e. The highest BCUT2D eigenvalue weighted by Gasteiger charge is 2.18. The molecule has 0 atom stereocenters. The van der Waals surface area contributed by atoms with Crippen LogP contribution in [0.25, 0.3) is 0 Å². The van der Waals surface area contributed by atoms with E-state index in [1.54, 1.807) is 12.1 Å². The quantitative estimate of drug-likeness (QED) is 0.479. The number of sulfonamides is 1. The summed E-state index contributed by atoms with van der Waals surface area (Å²) in [6, 6.07) is 25.1. The number of nitrogens with zero attached hydrogens (tertiary/aromatic N) is 2. The van der Waals surface area contributed by atoms with E-state index in [4.69, 9.17) is 4.84 Å². The van der Waals surface area contributed by atoms with Crippen molar-refractivity contribution in [3.8, 4) is 0 Å². The molecule has 3 rings (SSSR count). The molecule has 0 aromatic heterocycles. The van der Waals surface area contributed by atoms with Crippen molar-refractivity contribution in [2.24, 2.45) is 10.3 Å². The van der Waals surface area contributed by atoms with E-state index in [1.165, 1.54) is 19.2 Å². The molecular formula is C22H21N3O3S. The summed E-state index contributed by atoms with van der Waals surface area (Å²) in [5.41, 5.74) is 3.15. The average Bonchev–Trinajstić information content (AvgIpc) is 2.75. The second-order valence-corrected chi connectivity index (χ2v) is 7.88. The second-order valence-electron chi connectivity index (χ2n) is 6.22. The summed E-state index contributed by atoms with van der Waals surface area (Å²) >= 11 is 0. The van der Waals surface area contributed by atoms with Gasteiger partial charge in [-0.3, -0.25) is 0 Å². The molecule has 6 nitrogen and oxygen atoms in total. The molecule has 0 saturated carbocycles. The highest BCUT2D eigenvalue weighted by atomic mass is 32.2. The summed E-state index contributed by atoms with van der Waals surface area (Å²) in [6.07, 6.45) is 0. The van der Waals surface area contributed by atoms with Gasteiger partial charge in [-0.15, -0.1) is 0 Å². The fourth-order valence-corrected chi connectivity index (χ4v) is 3.46. The summed E-state index contributed by atoms with van der Waals surface area (Å²) in [7, 11) is -2.41. The highest BCUT2D eigenvalue weighted by molar-refractivity contribution is 7.89. The Bertz CT molecular complexity index is 1110. The van der Waals surface area contributed by atoms with Crippen molar-refractivity contribution in [3.05, 3.63) is 102 Å². The van der Waals surface area contributed by atoms with Crippen LogP contribution in [0.2, 0.25) is 0 Å². The minimum Gasteiger partial charge on any atom is -0.399 e. The molecule has 0 fully saturated rings. The SMILES string of the molecule is CO/N=C(\C(=N\NS(=O)(=O)c1ccc(C)cc1)c1ccccc1)c1ccccc1. The minimum absolute atomic E-state index is 0.129. The van der Waals surface area contributed by atoms with Crippen LogP contribution in [0.15, 0.2) is 100 Å². The number of rotatable bonds is 7. The minimum atomic E-state index is -3.84. The molecule has 0 spiro atoms. The first-order valence-corrected chi connectivity index (χ1v) is 10.4. The van der Waals surface area contributed by atoms with Crippen LogP contribution in [0.5, 0.6) is 0 Å². The molecule has 3 aromatic carbocycles. The molecule has 0 radical (unpaired) electrons. The predicted octanol–water partition coefficient (Wildman–Crippen LogP) is 3.73. The number of aryl methyl sites for hydroxylation is 1. The molecule has 0 unspecified atom stereocenters. The molecular weight excluding hydrogens is 386 g/mol. The van der Waals surface area contributed by atoms with E-state index >= 15 is 0 Å². The third-order valence-electron chi connectivity index (χ3n) is 4.11. The summed E-state index contributed by atoms with van der Waals surface area (Å²) in [4.78, 5) is 7.48. The second kappa shape index (κ2) is 9.16. The molecule has 0 aliphatic heterocycles. The Morgan fingerprint density at radius 1 is 0.793 bits per heavy atom. The molecule has 0 saturated heterocycles. The van der Waals surface area contributed by atoms with Gasteiger partial charge < -0.3 is 4.84 Å². The zero-order chi connectivity index (χ0) is 20.7. The van der Waals surface area contributed by atoms with E-state index in [9.17, 15) is 8.42 Å². The van der Waals surface area contributed by atoms with E-state index in [2.05, 4.69) is 15.1 Å². The van der Waals surface area contributed by atoms with Crippen molar-refractivity contribution in [3.63, 3.8) is 0 Å². The van der Waals surface area contributed by atoms with Crippen molar-refractivity contribution in [1.29, 1.82) is 0 Å². The Morgan fingerprint density at radius 2 is 1.31 bits per heavy atom. The molecule has 3 aromatic rings. The highest BCUT2D eigenvalue weighted by Crippen LogP contribution is 2.13. The Hall–Kier alpha value is -3.45. The van der Waals surface area contributed by atoms with Gasteiger partial charge in [0.15, 0.2) is 0 Å². The lowest BCUT2D eigenvalue weighted by molar-refractivity contribution is 0.214. The zero-order valence-electron chi connectivity index (χ0n) is 16.1. The van der Waals surface area contributed by atoms with Crippen molar-refractivity contribution < 1.29 is 13.3 Å². The molecule has 148 valence electrons.